The molecule has 1 aliphatic rings. The van der Waals surface area contributed by atoms with Crippen LogP contribution in [0.1, 0.15) is 43.0 Å². The molecule has 1 amide bonds. The molecular weight excluding hydrogens is 261 g/mol. The van der Waals surface area contributed by atoms with Crippen molar-refractivity contribution < 1.29 is 19.4 Å². The van der Waals surface area contributed by atoms with Gasteiger partial charge < -0.3 is 15.5 Å². The van der Waals surface area contributed by atoms with E-state index in [0.717, 1.165) is 31.0 Å². The fourth-order valence-corrected chi connectivity index (χ4v) is 2.82. The van der Waals surface area contributed by atoms with Gasteiger partial charge in [-0.25, -0.2) is 4.39 Å². The van der Waals surface area contributed by atoms with Gasteiger partial charge >= 0.3 is 0 Å². The highest BCUT2D eigenvalue weighted by atomic mass is 19.1. The molecule has 0 heterocycles. The van der Waals surface area contributed by atoms with E-state index in [1.165, 1.54) is 0 Å². The van der Waals surface area contributed by atoms with E-state index in [0.29, 0.717) is 18.8 Å². The third-order valence-corrected chi connectivity index (χ3v) is 3.85. The number of hydrogen-bond acceptors (Lipinski definition) is 3. The molecule has 0 aromatic heterocycles. The lowest BCUT2D eigenvalue weighted by Gasteiger charge is -2.35. The average molecular weight is 281 g/mol. The minimum Gasteiger partial charge on any atom is -0.507 e. The Kier molecular flexibility index (Phi) is 4.28. The maximum absolute atomic E-state index is 13.1. The van der Waals surface area contributed by atoms with Crippen molar-refractivity contribution >= 4 is 5.91 Å². The van der Waals surface area contributed by atoms with Crippen LogP contribution in [0.3, 0.4) is 0 Å². The van der Waals surface area contributed by atoms with Crippen LogP contribution in [0.5, 0.6) is 5.75 Å². The monoisotopic (exact) mass is 281 g/mol. The molecule has 20 heavy (non-hydrogen) atoms. The predicted molar refractivity (Wildman–Crippen MR) is 73.0 cm³/mol. The summed E-state index contributed by atoms with van der Waals surface area (Å²) in [5, 5.41) is 22.6. The molecule has 3 N–H and O–H groups in total. The van der Waals surface area contributed by atoms with Gasteiger partial charge in [-0.2, -0.15) is 0 Å². The van der Waals surface area contributed by atoms with Crippen LogP contribution in [0.25, 0.3) is 0 Å². The zero-order valence-electron chi connectivity index (χ0n) is 11.5. The third kappa shape index (κ3) is 3.48. The van der Waals surface area contributed by atoms with Crippen LogP contribution >= 0.6 is 0 Å². The lowest BCUT2D eigenvalue weighted by Crippen LogP contribution is -2.45. The SMILES string of the molecule is CC1CCCC(O)(CNC(=O)c2cc(F)ccc2O)C1. The molecule has 2 atom stereocenters. The number of aromatic hydroxyl groups is 1. The van der Waals surface area contributed by atoms with E-state index < -0.39 is 17.3 Å². The first kappa shape index (κ1) is 14.8. The number of benzene rings is 1. The second-order valence-electron chi connectivity index (χ2n) is 5.77. The van der Waals surface area contributed by atoms with Gasteiger partial charge in [0.1, 0.15) is 11.6 Å². The first-order valence-electron chi connectivity index (χ1n) is 6.89. The summed E-state index contributed by atoms with van der Waals surface area (Å²) in [5.74, 6) is -1.01. The number of hydrogen-bond donors (Lipinski definition) is 3. The molecule has 0 spiro atoms. The number of nitrogens with one attached hydrogen (secondary N) is 1. The Hall–Kier alpha value is -1.62. The summed E-state index contributed by atoms with van der Waals surface area (Å²) >= 11 is 0. The van der Waals surface area contributed by atoms with E-state index in [2.05, 4.69) is 12.2 Å². The first-order chi connectivity index (χ1) is 9.39. The maximum atomic E-state index is 13.1. The van der Waals surface area contributed by atoms with Crippen molar-refractivity contribution in [2.75, 3.05) is 6.54 Å². The lowest BCUT2D eigenvalue weighted by molar-refractivity contribution is -0.0109. The molecule has 0 radical (unpaired) electrons. The number of halogens is 1. The van der Waals surface area contributed by atoms with Crippen LogP contribution in [0.4, 0.5) is 4.39 Å². The molecule has 1 aliphatic carbocycles. The Labute approximate surface area is 117 Å². The molecule has 4 nitrogen and oxygen atoms in total. The largest absolute Gasteiger partial charge is 0.507 e. The van der Waals surface area contributed by atoms with Crippen LogP contribution < -0.4 is 5.32 Å². The highest BCUT2D eigenvalue weighted by Crippen LogP contribution is 2.31. The molecule has 110 valence electrons. The molecule has 5 heteroatoms. The number of aliphatic hydroxyl groups is 1. The molecule has 2 unspecified atom stereocenters. The fraction of sp³-hybridized carbons (Fsp3) is 0.533. The standard InChI is InChI=1S/C15H20FNO3/c1-10-3-2-6-15(20,8-10)9-17-14(19)12-7-11(16)4-5-13(12)18/h4-5,7,10,18,20H,2-3,6,8-9H2,1H3,(H,17,19). The summed E-state index contributed by atoms with van der Waals surface area (Å²) in [6.45, 7) is 2.19. The van der Waals surface area contributed by atoms with E-state index in [1.807, 2.05) is 0 Å². The Morgan fingerprint density at radius 1 is 1.55 bits per heavy atom. The molecule has 0 saturated heterocycles. The number of phenolic OH excluding ortho intramolecular Hbond substituents is 1. The quantitative estimate of drug-likeness (QED) is 0.795. The number of rotatable bonds is 3. The minimum absolute atomic E-state index is 0.113. The molecule has 1 aromatic carbocycles. The number of phenols is 1. The number of amides is 1. The summed E-state index contributed by atoms with van der Waals surface area (Å²) in [6.07, 6.45) is 3.30. The smallest absolute Gasteiger partial charge is 0.255 e. The number of carbonyl (C=O) groups is 1. The average Bonchev–Trinajstić information content (AvgIpc) is 2.39. The number of carbonyl (C=O) groups excluding carboxylic acids is 1. The molecular formula is C15H20FNO3. The Bertz CT molecular complexity index is 506. The van der Waals surface area contributed by atoms with Gasteiger partial charge in [0.05, 0.1) is 11.2 Å². The van der Waals surface area contributed by atoms with Crippen molar-refractivity contribution in [2.45, 2.75) is 38.2 Å². The Balaban J connectivity index is 1.99. The van der Waals surface area contributed by atoms with Gasteiger partial charge in [-0.1, -0.05) is 19.8 Å². The van der Waals surface area contributed by atoms with Gasteiger partial charge in [-0.3, -0.25) is 4.79 Å². The van der Waals surface area contributed by atoms with Gasteiger partial charge in [-0.15, -0.1) is 0 Å². The summed E-state index contributed by atoms with van der Waals surface area (Å²) in [6, 6.07) is 3.21. The maximum Gasteiger partial charge on any atom is 0.255 e. The van der Waals surface area contributed by atoms with Crippen LogP contribution in [0, 0.1) is 11.7 Å². The summed E-state index contributed by atoms with van der Waals surface area (Å²) in [4.78, 5) is 11.9. The highest BCUT2D eigenvalue weighted by Gasteiger charge is 2.33. The molecule has 1 fully saturated rings. The highest BCUT2D eigenvalue weighted by molar-refractivity contribution is 5.96. The van der Waals surface area contributed by atoms with Crippen LogP contribution in [0.15, 0.2) is 18.2 Å². The Morgan fingerprint density at radius 3 is 3.00 bits per heavy atom. The van der Waals surface area contributed by atoms with Crippen molar-refractivity contribution in [3.8, 4) is 5.75 Å². The van der Waals surface area contributed by atoms with Crippen LogP contribution in [0.2, 0.25) is 0 Å². The van der Waals surface area contributed by atoms with Gasteiger partial charge in [0, 0.05) is 6.54 Å². The van der Waals surface area contributed by atoms with Crippen molar-refractivity contribution in [1.29, 1.82) is 0 Å². The van der Waals surface area contributed by atoms with Crippen LogP contribution in [-0.2, 0) is 0 Å². The second kappa shape index (κ2) is 5.79. The van der Waals surface area contributed by atoms with Gasteiger partial charge in [0.2, 0.25) is 0 Å². The van der Waals surface area contributed by atoms with Gasteiger partial charge in [0.25, 0.3) is 5.91 Å². The topological polar surface area (TPSA) is 69.6 Å². The predicted octanol–water partition coefficient (Wildman–Crippen LogP) is 2.20. The zero-order valence-corrected chi connectivity index (χ0v) is 11.5. The summed E-state index contributed by atoms with van der Waals surface area (Å²) in [7, 11) is 0. The van der Waals surface area contributed by atoms with E-state index in [-0.39, 0.29) is 17.9 Å². The normalized spacial score (nSPS) is 26.2. The molecule has 1 saturated carbocycles. The van der Waals surface area contributed by atoms with Crippen molar-refractivity contribution in [1.82, 2.24) is 5.32 Å². The summed E-state index contributed by atoms with van der Waals surface area (Å²) < 4.78 is 13.1. The first-order valence-corrected chi connectivity index (χ1v) is 6.89. The van der Waals surface area contributed by atoms with E-state index >= 15 is 0 Å². The van der Waals surface area contributed by atoms with Gasteiger partial charge in [0.15, 0.2) is 0 Å². The summed E-state index contributed by atoms with van der Waals surface area (Å²) in [5.41, 5.74) is -1.02. The van der Waals surface area contributed by atoms with Gasteiger partial charge in [-0.05, 0) is 37.0 Å². The lowest BCUT2D eigenvalue weighted by atomic mass is 9.79. The minimum atomic E-state index is -0.906. The van der Waals surface area contributed by atoms with Crippen molar-refractivity contribution in [2.24, 2.45) is 5.92 Å². The van der Waals surface area contributed by atoms with Crippen LogP contribution in [-0.4, -0.2) is 28.3 Å². The van der Waals surface area contributed by atoms with E-state index in [4.69, 9.17) is 0 Å². The zero-order chi connectivity index (χ0) is 14.8. The van der Waals surface area contributed by atoms with Crippen molar-refractivity contribution in [3.63, 3.8) is 0 Å². The second-order valence-corrected chi connectivity index (χ2v) is 5.77. The molecule has 1 aromatic rings. The van der Waals surface area contributed by atoms with E-state index in [9.17, 15) is 19.4 Å². The molecule has 2 rings (SSSR count). The van der Waals surface area contributed by atoms with Crippen molar-refractivity contribution in [3.05, 3.63) is 29.6 Å². The fourth-order valence-electron chi connectivity index (χ4n) is 2.82. The molecule has 0 aliphatic heterocycles. The van der Waals surface area contributed by atoms with E-state index in [1.54, 1.807) is 0 Å². The third-order valence-electron chi connectivity index (χ3n) is 3.85. The Morgan fingerprint density at radius 2 is 2.30 bits per heavy atom. The molecule has 0 bridgehead atoms.